The smallest absolute Gasteiger partial charge is 0.417 e. The van der Waals surface area contributed by atoms with E-state index >= 15 is 0 Å². The molecule has 138 valence electrons. The summed E-state index contributed by atoms with van der Waals surface area (Å²) in [7, 11) is 0. The Morgan fingerprint density at radius 3 is 2.27 bits per heavy atom. The zero-order chi connectivity index (χ0) is 19.3. The fourth-order valence-corrected chi connectivity index (χ4v) is 2.77. The highest BCUT2D eigenvalue weighted by atomic mass is 32.1. The number of carboxylic acids is 1. The van der Waals surface area contributed by atoms with Crippen LogP contribution in [0.1, 0.15) is 22.3 Å². The van der Waals surface area contributed by atoms with Gasteiger partial charge in [-0.3, -0.25) is 4.79 Å². The van der Waals surface area contributed by atoms with Gasteiger partial charge in [-0.25, -0.2) is 4.79 Å². The fourth-order valence-electron chi connectivity index (χ4n) is 2.51. The van der Waals surface area contributed by atoms with Gasteiger partial charge in [0.2, 0.25) is 0 Å². The van der Waals surface area contributed by atoms with Gasteiger partial charge in [0, 0.05) is 0 Å². The second-order valence-electron chi connectivity index (χ2n) is 5.47. The van der Waals surface area contributed by atoms with E-state index in [1.807, 2.05) is 0 Å². The molecule has 4 nitrogen and oxygen atoms in total. The number of alkyl halides is 3. The maximum absolute atomic E-state index is 13.4. The van der Waals surface area contributed by atoms with Crippen LogP contribution in [-0.2, 0) is 11.0 Å². The summed E-state index contributed by atoms with van der Waals surface area (Å²) < 4.78 is 40.3. The fraction of sp³-hybridized carbons (Fsp3) is 0.222. The number of thiol groups is 1. The number of carbonyl (C=O) groups is 2. The van der Waals surface area contributed by atoms with Crippen molar-refractivity contribution in [1.29, 1.82) is 0 Å². The summed E-state index contributed by atoms with van der Waals surface area (Å²) >= 11 is 3.91. The normalized spacial score (nSPS) is 12.5. The Bertz CT molecular complexity index is 794. The molecule has 0 bridgehead atoms. The van der Waals surface area contributed by atoms with Gasteiger partial charge in [0.1, 0.15) is 6.04 Å². The molecule has 26 heavy (non-hydrogen) atoms. The van der Waals surface area contributed by atoms with Crippen molar-refractivity contribution in [3.8, 4) is 11.1 Å². The molecular formula is C18H16F3NO3S. The summed E-state index contributed by atoms with van der Waals surface area (Å²) in [6.07, 6.45) is -4.78. The molecule has 0 radical (unpaired) electrons. The van der Waals surface area contributed by atoms with Crippen LogP contribution in [-0.4, -0.2) is 28.8 Å². The Hall–Kier alpha value is -2.48. The van der Waals surface area contributed by atoms with Gasteiger partial charge in [0.05, 0.1) is 11.1 Å². The quantitative estimate of drug-likeness (QED) is 0.664. The molecule has 0 saturated heterocycles. The predicted molar refractivity (Wildman–Crippen MR) is 94.2 cm³/mol. The Morgan fingerprint density at radius 2 is 1.73 bits per heavy atom. The molecule has 8 heteroatoms. The predicted octanol–water partition coefficient (Wildman–Crippen LogP) is 3.88. The van der Waals surface area contributed by atoms with E-state index in [1.165, 1.54) is 12.1 Å². The Balaban J connectivity index is 2.57. The second-order valence-corrected chi connectivity index (χ2v) is 5.92. The topological polar surface area (TPSA) is 66.4 Å². The van der Waals surface area contributed by atoms with Crippen LogP contribution in [0.15, 0.2) is 48.5 Å². The summed E-state index contributed by atoms with van der Waals surface area (Å²) in [6, 6.07) is 10.2. The van der Waals surface area contributed by atoms with Gasteiger partial charge in [-0.15, -0.1) is 0 Å². The van der Waals surface area contributed by atoms with E-state index in [0.717, 1.165) is 6.07 Å². The minimum absolute atomic E-state index is 0.0148. The highest BCUT2D eigenvalue weighted by Gasteiger charge is 2.37. The van der Waals surface area contributed by atoms with Crippen molar-refractivity contribution in [2.75, 3.05) is 5.75 Å². The maximum atomic E-state index is 13.4. The number of halogens is 3. The third kappa shape index (κ3) is 4.57. The molecule has 0 spiro atoms. The highest BCUT2D eigenvalue weighted by Crippen LogP contribution is 2.36. The largest absolute Gasteiger partial charge is 0.480 e. The van der Waals surface area contributed by atoms with E-state index < -0.39 is 35.2 Å². The SMILES string of the molecule is O=C(N[C@@H](CCS)C(=O)O)c1c(-c2ccccc2)cccc1C(F)(F)F. The average molecular weight is 383 g/mol. The van der Waals surface area contributed by atoms with E-state index in [0.29, 0.717) is 5.56 Å². The molecule has 0 aliphatic carbocycles. The minimum atomic E-state index is -4.76. The summed E-state index contributed by atoms with van der Waals surface area (Å²) in [4.78, 5) is 23.8. The van der Waals surface area contributed by atoms with Crippen LogP contribution in [0.4, 0.5) is 13.2 Å². The van der Waals surface area contributed by atoms with Gasteiger partial charge in [-0.2, -0.15) is 25.8 Å². The Kier molecular flexibility index (Phi) is 6.31. The zero-order valence-electron chi connectivity index (χ0n) is 13.5. The number of rotatable bonds is 6. The molecule has 1 amide bonds. The van der Waals surface area contributed by atoms with Crippen molar-refractivity contribution in [3.63, 3.8) is 0 Å². The molecule has 0 aromatic heterocycles. The summed E-state index contributed by atoms with van der Waals surface area (Å²) in [6.45, 7) is 0. The molecular weight excluding hydrogens is 367 g/mol. The molecule has 2 aromatic carbocycles. The molecule has 0 fully saturated rings. The number of carboxylic acid groups (broad SMARTS) is 1. The molecule has 0 aliphatic rings. The maximum Gasteiger partial charge on any atom is 0.417 e. The monoisotopic (exact) mass is 383 g/mol. The van der Waals surface area contributed by atoms with Crippen LogP contribution in [0.5, 0.6) is 0 Å². The van der Waals surface area contributed by atoms with Gasteiger partial charge in [-0.1, -0.05) is 42.5 Å². The number of carbonyl (C=O) groups excluding carboxylic acids is 1. The number of benzene rings is 2. The van der Waals surface area contributed by atoms with E-state index in [9.17, 15) is 22.8 Å². The highest BCUT2D eigenvalue weighted by molar-refractivity contribution is 7.80. The number of aliphatic carboxylic acids is 1. The van der Waals surface area contributed by atoms with Crippen LogP contribution in [0, 0.1) is 0 Å². The van der Waals surface area contributed by atoms with Gasteiger partial charge >= 0.3 is 12.1 Å². The van der Waals surface area contributed by atoms with Gasteiger partial charge in [0.25, 0.3) is 5.91 Å². The standard InChI is InChI=1S/C18H16F3NO3S/c19-18(20,21)13-8-4-7-12(11-5-2-1-3-6-11)15(13)16(23)22-14(9-10-26)17(24)25/h1-8,14,26H,9-10H2,(H,22,23)(H,24,25)/t14-/m0/s1. The van der Waals surface area contributed by atoms with Gasteiger partial charge < -0.3 is 10.4 Å². The molecule has 0 aliphatic heterocycles. The number of amides is 1. The lowest BCUT2D eigenvalue weighted by Crippen LogP contribution is -2.42. The molecule has 2 N–H and O–H groups in total. The first-order valence-electron chi connectivity index (χ1n) is 7.66. The zero-order valence-corrected chi connectivity index (χ0v) is 14.3. The van der Waals surface area contributed by atoms with Crippen molar-refractivity contribution in [3.05, 3.63) is 59.7 Å². The molecule has 1 atom stereocenters. The summed E-state index contributed by atoms with van der Waals surface area (Å²) in [5.74, 6) is -2.27. The molecule has 2 aromatic rings. The van der Waals surface area contributed by atoms with Crippen molar-refractivity contribution in [2.45, 2.75) is 18.6 Å². The van der Waals surface area contributed by atoms with Crippen molar-refractivity contribution >= 4 is 24.5 Å². The summed E-state index contributed by atoms with van der Waals surface area (Å²) in [5, 5.41) is 11.3. The van der Waals surface area contributed by atoms with Crippen LogP contribution >= 0.6 is 12.6 Å². The van der Waals surface area contributed by atoms with Crippen molar-refractivity contribution in [2.24, 2.45) is 0 Å². The first-order chi connectivity index (χ1) is 12.3. The first kappa shape index (κ1) is 19.8. The lowest BCUT2D eigenvalue weighted by Gasteiger charge is -2.19. The third-order valence-electron chi connectivity index (χ3n) is 3.70. The third-order valence-corrected chi connectivity index (χ3v) is 3.96. The summed E-state index contributed by atoms with van der Waals surface area (Å²) in [5.41, 5.74) is -1.22. The van der Waals surface area contributed by atoms with Crippen molar-refractivity contribution in [1.82, 2.24) is 5.32 Å². The number of hydrogen-bond donors (Lipinski definition) is 3. The Labute approximate surface area is 153 Å². The molecule has 0 saturated carbocycles. The van der Waals surface area contributed by atoms with Crippen LogP contribution in [0.3, 0.4) is 0 Å². The van der Waals surface area contributed by atoms with Crippen LogP contribution in [0.25, 0.3) is 11.1 Å². The molecule has 2 rings (SSSR count). The van der Waals surface area contributed by atoms with Crippen LogP contribution in [0.2, 0.25) is 0 Å². The minimum Gasteiger partial charge on any atom is -0.480 e. The lowest BCUT2D eigenvalue weighted by atomic mass is 9.94. The molecule has 0 unspecified atom stereocenters. The molecule has 0 heterocycles. The lowest BCUT2D eigenvalue weighted by molar-refractivity contribution is -0.139. The van der Waals surface area contributed by atoms with Crippen molar-refractivity contribution < 1.29 is 27.9 Å². The number of hydrogen-bond acceptors (Lipinski definition) is 3. The Morgan fingerprint density at radius 1 is 1.08 bits per heavy atom. The van der Waals surface area contributed by atoms with E-state index in [1.54, 1.807) is 30.3 Å². The number of nitrogens with one attached hydrogen (secondary N) is 1. The van der Waals surface area contributed by atoms with E-state index in [2.05, 4.69) is 17.9 Å². The van der Waals surface area contributed by atoms with Gasteiger partial charge in [0.15, 0.2) is 0 Å². The van der Waals surface area contributed by atoms with Gasteiger partial charge in [-0.05, 0) is 29.4 Å². The van der Waals surface area contributed by atoms with Crippen LogP contribution < -0.4 is 5.32 Å². The second kappa shape index (κ2) is 8.27. The van der Waals surface area contributed by atoms with E-state index in [-0.39, 0.29) is 17.7 Å². The van der Waals surface area contributed by atoms with E-state index in [4.69, 9.17) is 5.11 Å². The first-order valence-corrected chi connectivity index (χ1v) is 8.29. The average Bonchev–Trinajstić information content (AvgIpc) is 2.60.